The zero-order chi connectivity index (χ0) is 38.8. The molecule has 0 nitrogen and oxygen atoms in total. The normalized spacial score (nSPS) is 55.9. The van der Waals surface area contributed by atoms with Gasteiger partial charge in [-0.15, -0.1) is 0 Å². The fourth-order valence-electron chi connectivity index (χ4n) is 15.9. The van der Waals surface area contributed by atoms with Gasteiger partial charge in [0, 0.05) is 0 Å². The molecule has 10 saturated carbocycles. The van der Waals surface area contributed by atoms with E-state index in [1.807, 2.05) is 6.92 Å². The summed E-state index contributed by atoms with van der Waals surface area (Å²) >= 11 is 0. The maximum absolute atomic E-state index is 13.0. The molecule has 4 heteroatoms. The van der Waals surface area contributed by atoms with Gasteiger partial charge >= 0.3 is 6.18 Å². The highest BCUT2D eigenvalue weighted by molar-refractivity contribution is 5.01. The fraction of sp³-hybridized carbons (Fsp3) is 1.00. The second-order valence-electron chi connectivity index (χ2n) is 22.3. The lowest BCUT2D eigenvalue weighted by atomic mass is 9.75. The fourth-order valence-corrected chi connectivity index (χ4v) is 15.9. The summed E-state index contributed by atoms with van der Waals surface area (Å²) in [5, 5.41) is 0. The Balaban J connectivity index is 0.000000114. The summed E-state index contributed by atoms with van der Waals surface area (Å²) < 4.78 is 50.6. The van der Waals surface area contributed by atoms with Crippen molar-refractivity contribution in [2.24, 2.45) is 136 Å². The second kappa shape index (κ2) is 16.5. The van der Waals surface area contributed by atoms with Gasteiger partial charge in [0.05, 0.1) is 5.92 Å². The number of halogens is 4. The zero-order valence-electron chi connectivity index (χ0n) is 36.4. The van der Waals surface area contributed by atoms with Crippen LogP contribution >= 0.6 is 0 Å². The molecule has 24 atom stereocenters. The Hall–Kier alpha value is -0.280. The molecule has 308 valence electrons. The smallest absolute Gasteiger partial charge is 0.247 e. The van der Waals surface area contributed by atoms with Crippen LogP contribution in [0.2, 0.25) is 0 Å². The molecule has 0 aliphatic heterocycles. The molecule has 0 heterocycles. The molecule has 0 spiro atoms. The van der Waals surface area contributed by atoms with Gasteiger partial charge in [0.1, 0.15) is 6.17 Å². The van der Waals surface area contributed by atoms with Crippen molar-refractivity contribution in [3.63, 3.8) is 0 Å². The Kier molecular flexibility index (Phi) is 13.2. The van der Waals surface area contributed by atoms with E-state index in [1.54, 1.807) is 25.7 Å². The Labute approximate surface area is 325 Å². The van der Waals surface area contributed by atoms with Crippen molar-refractivity contribution in [3.8, 4) is 0 Å². The van der Waals surface area contributed by atoms with Crippen LogP contribution in [0.25, 0.3) is 0 Å². The van der Waals surface area contributed by atoms with Crippen molar-refractivity contribution in [1.29, 1.82) is 0 Å². The molecular formula is C49H84F4. The monoisotopic (exact) mass is 749 g/mol. The number of alkyl halides is 4. The quantitative estimate of drug-likeness (QED) is 0.234. The summed E-state index contributed by atoms with van der Waals surface area (Å²) in [4.78, 5) is 0. The zero-order valence-corrected chi connectivity index (χ0v) is 36.4. The molecule has 0 aromatic rings. The predicted octanol–water partition coefficient (Wildman–Crippen LogP) is 15.1. The van der Waals surface area contributed by atoms with E-state index < -0.39 is 18.3 Å². The van der Waals surface area contributed by atoms with E-state index in [9.17, 15) is 17.6 Å². The third-order valence-corrected chi connectivity index (χ3v) is 20.8. The minimum Gasteiger partial charge on any atom is -0.247 e. The maximum Gasteiger partial charge on any atom is 0.392 e. The first kappa shape index (κ1) is 42.3. The first-order valence-electron chi connectivity index (χ1n) is 23.5. The van der Waals surface area contributed by atoms with Crippen LogP contribution in [0.4, 0.5) is 17.6 Å². The Morgan fingerprint density at radius 2 is 0.792 bits per heavy atom. The average Bonchev–Trinajstić information content (AvgIpc) is 3.98. The molecule has 0 aromatic heterocycles. The molecule has 10 aliphatic rings. The highest BCUT2D eigenvalue weighted by Gasteiger charge is 2.58. The van der Waals surface area contributed by atoms with Crippen LogP contribution in [0.5, 0.6) is 0 Å². The van der Waals surface area contributed by atoms with Crippen molar-refractivity contribution >= 4 is 0 Å². The summed E-state index contributed by atoms with van der Waals surface area (Å²) in [6.45, 7) is 28.1. The summed E-state index contributed by atoms with van der Waals surface area (Å²) in [5.74, 6) is 17.5. The van der Waals surface area contributed by atoms with E-state index in [-0.39, 0.29) is 11.8 Å². The molecule has 0 saturated heterocycles. The van der Waals surface area contributed by atoms with Crippen LogP contribution in [0, 0.1) is 136 Å². The largest absolute Gasteiger partial charge is 0.392 e. The SMILES string of the molecule is CC1C2CC(C1C)C(C(F)(F)F)C2.CC1C2CC(F)C(C2)C1C.CC1C2CCC(C2)C1C.CC1CC2CC1C(C)C2C.CCC1CC2CC1C(C)C2C. The van der Waals surface area contributed by atoms with Crippen molar-refractivity contribution in [2.75, 3.05) is 0 Å². The van der Waals surface area contributed by atoms with Gasteiger partial charge in [-0.1, -0.05) is 89.5 Å². The predicted molar refractivity (Wildman–Crippen MR) is 215 cm³/mol. The second-order valence-corrected chi connectivity index (χ2v) is 22.3. The van der Waals surface area contributed by atoms with E-state index in [0.29, 0.717) is 30.1 Å². The first-order valence-corrected chi connectivity index (χ1v) is 23.5. The standard InChI is InChI=1S/C11H20.C10H15F3.C10H18.C9H15F.C9H16/c1-4-9-5-10-6-11(9)8(3)7(10)2;1-5-6(2)8-3-7(5)4-9(8)10(11,12)13;1-6-4-9-5-10(6)8(3)7(9)2;1-5-6(2)8-3-7(5)4-9(8)10;1-6-7(2)9-4-3-8(6)5-9/h7-11H,4-6H2,1-3H3;5-9H,3-4H2,1-2H3;6-10H,4-5H2,1-3H3;5-9H,3-4H2,1-2H3;6-9H,3-5H2,1-2H3. The van der Waals surface area contributed by atoms with Gasteiger partial charge in [0.2, 0.25) is 0 Å². The van der Waals surface area contributed by atoms with Gasteiger partial charge in [-0.05, 0) is 201 Å². The molecule has 0 radical (unpaired) electrons. The minimum atomic E-state index is -3.95. The van der Waals surface area contributed by atoms with Gasteiger partial charge < -0.3 is 0 Å². The van der Waals surface area contributed by atoms with E-state index in [1.165, 1.54) is 32.1 Å². The molecule has 10 fully saturated rings. The Morgan fingerprint density at radius 3 is 1.11 bits per heavy atom. The lowest BCUT2D eigenvalue weighted by molar-refractivity contribution is -0.193. The van der Waals surface area contributed by atoms with Crippen LogP contribution in [0.3, 0.4) is 0 Å². The summed E-state index contributed by atoms with van der Waals surface area (Å²) in [5.41, 5.74) is 0. The van der Waals surface area contributed by atoms with Crippen molar-refractivity contribution in [1.82, 2.24) is 0 Å². The minimum absolute atomic E-state index is 0.0833. The summed E-state index contributed by atoms with van der Waals surface area (Å²) in [7, 11) is 0. The van der Waals surface area contributed by atoms with Crippen LogP contribution in [-0.4, -0.2) is 12.3 Å². The third kappa shape index (κ3) is 8.22. The maximum atomic E-state index is 13.0. The summed E-state index contributed by atoms with van der Waals surface area (Å²) in [6.07, 6.45) is 11.1. The van der Waals surface area contributed by atoms with Gasteiger partial charge in [-0.2, -0.15) is 13.2 Å². The molecule has 0 N–H and O–H groups in total. The van der Waals surface area contributed by atoms with Crippen LogP contribution in [0.15, 0.2) is 0 Å². The molecule has 10 rings (SSSR count). The van der Waals surface area contributed by atoms with Gasteiger partial charge in [0.15, 0.2) is 0 Å². The summed E-state index contributed by atoms with van der Waals surface area (Å²) in [6, 6.07) is 0. The third-order valence-electron chi connectivity index (χ3n) is 20.8. The molecule has 10 bridgehead atoms. The lowest BCUT2D eigenvalue weighted by Gasteiger charge is -2.32. The average molecular weight is 749 g/mol. The van der Waals surface area contributed by atoms with Crippen molar-refractivity contribution < 1.29 is 17.6 Å². The van der Waals surface area contributed by atoms with Crippen molar-refractivity contribution in [3.05, 3.63) is 0 Å². The molecule has 0 amide bonds. The Bertz CT molecular complexity index is 1120. The highest BCUT2D eigenvalue weighted by Crippen LogP contribution is 2.60. The first-order chi connectivity index (χ1) is 24.8. The molecule has 24 unspecified atom stereocenters. The molecular weight excluding hydrogens is 665 g/mol. The molecule has 53 heavy (non-hydrogen) atoms. The molecule has 0 aromatic carbocycles. The van der Waals surface area contributed by atoms with Gasteiger partial charge in [-0.25, -0.2) is 4.39 Å². The molecule has 10 aliphatic carbocycles. The van der Waals surface area contributed by atoms with Gasteiger partial charge in [-0.3, -0.25) is 0 Å². The van der Waals surface area contributed by atoms with Crippen LogP contribution in [-0.2, 0) is 0 Å². The number of fused-ring (bicyclic) bond motifs is 10. The van der Waals surface area contributed by atoms with Crippen LogP contribution < -0.4 is 0 Å². The number of hydrogen-bond donors (Lipinski definition) is 0. The highest BCUT2D eigenvalue weighted by atomic mass is 19.4. The van der Waals surface area contributed by atoms with Crippen LogP contribution in [0.1, 0.15) is 160 Å². The van der Waals surface area contributed by atoms with E-state index in [0.717, 1.165) is 108 Å². The Morgan fingerprint density at radius 1 is 0.396 bits per heavy atom. The van der Waals surface area contributed by atoms with E-state index in [4.69, 9.17) is 0 Å². The number of rotatable bonds is 1. The number of hydrogen-bond acceptors (Lipinski definition) is 0. The van der Waals surface area contributed by atoms with Crippen molar-refractivity contribution in [2.45, 2.75) is 172 Å². The van der Waals surface area contributed by atoms with E-state index in [2.05, 4.69) is 76.2 Å². The van der Waals surface area contributed by atoms with E-state index >= 15 is 0 Å². The topological polar surface area (TPSA) is 0 Å². The van der Waals surface area contributed by atoms with Gasteiger partial charge in [0.25, 0.3) is 0 Å². The lowest BCUT2D eigenvalue weighted by Crippen LogP contribution is -2.34.